The maximum atomic E-state index is 13.4. The molecule has 0 aliphatic heterocycles. The number of carbonyl (C=O) groups is 1. The minimum atomic E-state index is -3.50. The number of aromatic nitrogens is 2. The van der Waals surface area contributed by atoms with Gasteiger partial charge in [-0.3, -0.25) is 4.79 Å². The fourth-order valence-corrected chi connectivity index (χ4v) is 3.92. The average Bonchev–Trinajstić information content (AvgIpc) is 3.23. The number of carbonyl (C=O) groups excluding carboxylic acids is 1. The van der Waals surface area contributed by atoms with Gasteiger partial charge in [-0.2, -0.15) is 4.98 Å². The van der Waals surface area contributed by atoms with Crippen LogP contribution in [0, 0.1) is 12.7 Å². The first-order chi connectivity index (χ1) is 15.1. The van der Waals surface area contributed by atoms with Gasteiger partial charge in [0.05, 0.1) is 10.9 Å². The van der Waals surface area contributed by atoms with Crippen LogP contribution in [-0.4, -0.2) is 42.9 Å². The monoisotopic (exact) mass is 460 g/mol. The zero-order valence-corrected chi connectivity index (χ0v) is 19.1. The predicted molar refractivity (Wildman–Crippen MR) is 117 cm³/mol. The van der Waals surface area contributed by atoms with E-state index in [9.17, 15) is 17.6 Å². The number of halogens is 1. The van der Waals surface area contributed by atoms with Crippen molar-refractivity contribution in [2.24, 2.45) is 0 Å². The van der Waals surface area contributed by atoms with Crippen LogP contribution in [0.2, 0.25) is 0 Å². The molecule has 10 heteroatoms. The SMILES string of the molecule is Cc1cc(-c2noc(CCC(=O)NC(C)c3ccc(S(=O)(=O)N(C)C)cc3)n2)ccc1F. The van der Waals surface area contributed by atoms with E-state index in [2.05, 4.69) is 15.5 Å². The molecule has 1 amide bonds. The summed E-state index contributed by atoms with van der Waals surface area (Å²) in [5.41, 5.74) is 1.90. The fraction of sp³-hybridized carbons (Fsp3) is 0.318. The van der Waals surface area contributed by atoms with Crippen LogP contribution in [-0.2, 0) is 21.2 Å². The van der Waals surface area contributed by atoms with Crippen molar-refractivity contribution < 1.29 is 22.1 Å². The zero-order chi connectivity index (χ0) is 23.5. The van der Waals surface area contributed by atoms with Crippen molar-refractivity contribution >= 4 is 15.9 Å². The van der Waals surface area contributed by atoms with Crippen molar-refractivity contribution in [2.75, 3.05) is 14.1 Å². The number of hydrogen-bond acceptors (Lipinski definition) is 6. The molecule has 0 saturated heterocycles. The topological polar surface area (TPSA) is 105 Å². The number of rotatable bonds is 8. The third-order valence-electron chi connectivity index (χ3n) is 4.99. The Hall–Kier alpha value is -3.11. The molecule has 3 aromatic rings. The Labute approximate surface area is 186 Å². The van der Waals surface area contributed by atoms with E-state index in [1.54, 1.807) is 31.2 Å². The highest BCUT2D eigenvalue weighted by Gasteiger charge is 2.18. The third-order valence-corrected chi connectivity index (χ3v) is 6.82. The summed E-state index contributed by atoms with van der Waals surface area (Å²) in [6.07, 6.45) is 0.396. The summed E-state index contributed by atoms with van der Waals surface area (Å²) in [5.74, 6) is 0.129. The minimum absolute atomic E-state index is 0.140. The van der Waals surface area contributed by atoms with Gasteiger partial charge in [0.25, 0.3) is 0 Å². The number of nitrogens with one attached hydrogen (secondary N) is 1. The Morgan fingerprint density at radius 2 is 1.88 bits per heavy atom. The predicted octanol–water partition coefficient (Wildman–Crippen LogP) is 3.24. The van der Waals surface area contributed by atoms with E-state index in [4.69, 9.17) is 4.52 Å². The quantitative estimate of drug-likeness (QED) is 0.553. The van der Waals surface area contributed by atoms with E-state index in [0.29, 0.717) is 22.8 Å². The van der Waals surface area contributed by atoms with Gasteiger partial charge in [-0.05, 0) is 55.3 Å². The van der Waals surface area contributed by atoms with Crippen LogP contribution in [0.15, 0.2) is 51.9 Å². The maximum Gasteiger partial charge on any atom is 0.242 e. The molecule has 1 aromatic heterocycles. The lowest BCUT2D eigenvalue weighted by molar-refractivity contribution is -0.121. The van der Waals surface area contributed by atoms with Crippen LogP contribution < -0.4 is 5.32 Å². The molecule has 0 radical (unpaired) electrons. The highest BCUT2D eigenvalue weighted by Crippen LogP contribution is 2.20. The lowest BCUT2D eigenvalue weighted by Crippen LogP contribution is -2.27. The minimum Gasteiger partial charge on any atom is -0.350 e. The average molecular weight is 461 g/mol. The van der Waals surface area contributed by atoms with E-state index >= 15 is 0 Å². The molecule has 170 valence electrons. The number of sulfonamides is 1. The molecule has 1 atom stereocenters. The van der Waals surface area contributed by atoms with Gasteiger partial charge in [-0.15, -0.1) is 0 Å². The fourth-order valence-electron chi connectivity index (χ4n) is 3.01. The smallest absolute Gasteiger partial charge is 0.242 e. The summed E-state index contributed by atoms with van der Waals surface area (Å²) in [6, 6.07) is 10.6. The van der Waals surface area contributed by atoms with Gasteiger partial charge in [0.2, 0.25) is 27.6 Å². The van der Waals surface area contributed by atoms with E-state index in [-0.39, 0.29) is 35.5 Å². The summed E-state index contributed by atoms with van der Waals surface area (Å²) < 4.78 is 44.1. The van der Waals surface area contributed by atoms with Crippen LogP contribution in [0.25, 0.3) is 11.4 Å². The summed E-state index contributed by atoms with van der Waals surface area (Å²) in [6.45, 7) is 3.47. The molecule has 0 fully saturated rings. The standard InChI is InChI=1S/C22H25FN4O4S/c1-14-13-17(7-10-19(14)23)22-25-21(31-26-22)12-11-20(28)24-15(2)16-5-8-18(9-6-16)32(29,30)27(3)4/h5-10,13,15H,11-12H2,1-4H3,(H,24,28). The molecule has 0 aliphatic rings. The van der Waals surface area contributed by atoms with E-state index in [1.165, 1.54) is 32.3 Å². The Morgan fingerprint density at radius 3 is 2.50 bits per heavy atom. The molecule has 8 nitrogen and oxygen atoms in total. The van der Waals surface area contributed by atoms with Crippen LogP contribution in [0.5, 0.6) is 0 Å². The van der Waals surface area contributed by atoms with Gasteiger partial charge < -0.3 is 9.84 Å². The van der Waals surface area contributed by atoms with Crippen molar-refractivity contribution in [1.29, 1.82) is 0 Å². The molecule has 32 heavy (non-hydrogen) atoms. The third kappa shape index (κ3) is 5.38. The number of hydrogen-bond donors (Lipinski definition) is 1. The summed E-state index contributed by atoms with van der Waals surface area (Å²) >= 11 is 0. The second-order valence-corrected chi connectivity index (χ2v) is 9.77. The Bertz CT molecular complexity index is 1210. The molecule has 1 heterocycles. The van der Waals surface area contributed by atoms with Gasteiger partial charge in [0.15, 0.2) is 0 Å². The van der Waals surface area contributed by atoms with E-state index in [0.717, 1.165) is 9.87 Å². The van der Waals surface area contributed by atoms with Gasteiger partial charge >= 0.3 is 0 Å². The first kappa shape index (κ1) is 23.6. The van der Waals surface area contributed by atoms with Gasteiger partial charge in [-0.1, -0.05) is 17.3 Å². The lowest BCUT2D eigenvalue weighted by atomic mass is 10.1. The maximum absolute atomic E-state index is 13.4. The first-order valence-corrected chi connectivity index (χ1v) is 11.4. The Balaban J connectivity index is 1.56. The van der Waals surface area contributed by atoms with Gasteiger partial charge in [-0.25, -0.2) is 17.1 Å². The highest BCUT2D eigenvalue weighted by molar-refractivity contribution is 7.89. The normalized spacial score (nSPS) is 12.7. The number of amides is 1. The van der Waals surface area contributed by atoms with Crippen LogP contribution in [0.4, 0.5) is 4.39 Å². The number of nitrogens with zero attached hydrogens (tertiary/aromatic N) is 3. The number of benzene rings is 2. The molecule has 2 aromatic carbocycles. The van der Waals surface area contributed by atoms with Crippen LogP contribution in [0.1, 0.15) is 36.4 Å². The van der Waals surface area contributed by atoms with Gasteiger partial charge in [0.1, 0.15) is 5.82 Å². The molecule has 1 N–H and O–H groups in total. The molecular weight excluding hydrogens is 435 g/mol. The Kier molecular flexibility index (Phi) is 7.05. The largest absolute Gasteiger partial charge is 0.350 e. The molecule has 0 aliphatic carbocycles. The van der Waals surface area contributed by atoms with Crippen molar-refractivity contribution in [3.8, 4) is 11.4 Å². The van der Waals surface area contributed by atoms with Crippen molar-refractivity contribution in [1.82, 2.24) is 19.8 Å². The summed E-state index contributed by atoms with van der Waals surface area (Å²) in [7, 11) is -0.558. The van der Waals surface area contributed by atoms with Crippen LogP contribution in [0.3, 0.4) is 0 Å². The van der Waals surface area contributed by atoms with E-state index < -0.39 is 10.0 Å². The zero-order valence-electron chi connectivity index (χ0n) is 18.3. The second kappa shape index (κ2) is 9.58. The molecule has 1 unspecified atom stereocenters. The molecular formula is C22H25FN4O4S. The van der Waals surface area contributed by atoms with E-state index in [1.807, 2.05) is 6.92 Å². The Morgan fingerprint density at radius 1 is 1.19 bits per heavy atom. The first-order valence-electron chi connectivity index (χ1n) is 9.99. The molecule has 3 rings (SSSR count). The number of aryl methyl sites for hydroxylation is 2. The van der Waals surface area contributed by atoms with Crippen LogP contribution >= 0.6 is 0 Å². The molecule has 0 saturated carbocycles. The van der Waals surface area contributed by atoms with Crippen molar-refractivity contribution in [2.45, 2.75) is 37.6 Å². The summed E-state index contributed by atoms with van der Waals surface area (Å²) in [5, 5.41) is 6.76. The van der Waals surface area contributed by atoms with Gasteiger partial charge in [0, 0.05) is 32.5 Å². The summed E-state index contributed by atoms with van der Waals surface area (Å²) in [4.78, 5) is 16.8. The van der Waals surface area contributed by atoms with Crippen molar-refractivity contribution in [3.63, 3.8) is 0 Å². The second-order valence-electron chi connectivity index (χ2n) is 7.62. The van der Waals surface area contributed by atoms with Crippen molar-refractivity contribution in [3.05, 3.63) is 65.3 Å². The molecule has 0 bridgehead atoms. The lowest BCUT2D eigenvalue weighted by Gasteiger charge is -2.16. The highest BCUT2D eigenvalue weighted by atomic mass is 32.2. The molecule has 0 spiro atoms.